The molecule has 0 amide bonds. The molecule has 2 rings (SSSR count). The van der Waals surface area contributed by atoms with Crippen molar-refractivity contribution in [3.8, 4) is 6.07 Å². The highest BCUT2D eigenvalue weighted by atomic mass is 19.1. The van der Waals surface area contributed by atoms with Crippen molar-refractivity contribution >= 4 is 0 Å². The van der Waals surface area contributed by atoms with E-state index in [1.54, 1.807) is 6.07 Å². The molecule has 1 atom stereocenters. The third-order valence-corrected chi connectivity index (χ3v) is 3.98. The maximum absolute atomic E-state index is 13.2. The number of nitriles is 1. The van der Waals surface area contributed by atoms with Crippen LogP contribution in [0, 0.1) is 23.1 Å². The molecule has 4 heteroatoms. The summed E-state index contributed by atoms with van der Waals surface area (Å²) in [6.45, 7) is 8.21. The van der Waals surface area contributed by atoms with Crippen LogP contribution in [0.2, 0.25) is 0 Å². The van der Waals surface area contributed by atoms with E-state index in [4.69, 9.17) is 5.26 Å². The van der Waals surface area contributed by atoms with Crippen LogP contribution in [-0.2, 0) is 6.54 Å². The molecule has 1 N–H and O–H groups in total. The fourth-order valence-corrected chi connectivity index (χ4v) is 2.73. The minimum atomic E-state index is -0.285. The Bertz CT molecular complexity index is 493. The first-order chi connectivity index (χ1) is 9.60. The largest absolute Gasteiger partial charge is 0.312 e. The lowest BCUT2D eigenvalue weighted by Gasteiger charge is -2.20. The SMILES string of the molecule is CC(C)N1CCC(CNCc2cc(F)ccc2C#N)C1. The van der Waals surface area contributed by atoms with Crippen LogP contribution in [-0.4, -0.2) is 30.6 Å². The van der Waals surface area contributed by atoms with Crippen molar-refractivity contribution in [2.75, 3.05) is 19.6 Å². The molecule has 1 fully saturated rings. The molecule has 1 unspecified atom stereocenters. The first kappa shape index (κ1) is 15.0. The van der Waals surface area contributed by atoms with Gasteiger partial charge in [-0.25, -0.2) is 4.39 Å². The minimum absolute atomic E-state index is 0.285. The molecule has 108 valence electrons. The summed E-state index contributed by atoms with van der Waals surface area (Å²) in [4.78, 5) is 2.48. The lowest BCUT2D eigenvalue weighted by Crippen LogP contribution is -2.30. The molecule has 0 aromatic heterocycles. The molecule has 20 heavy (non-hydrogen) atoms. The fraction of sp³-hybridized carbons (Fsp3) is 0.562. The summed E-state index contributed by atoms with van der Waals surface area (Å²) in [5, 5.41) is 12.4. The summed E-state index contributed by atoms with van der Waals surface area (Å²) in [5.74, 6) is 0.365. The molecular formula is C16H22FN3. The van der Waals surface area contributed by atoms with E-state index in [0.717, 1.165) is 25.2 Å². The van der Waals surface area contributed by atoms with Crippen LogP contribution < -0.4 is 5.32 Å². The van der Waals surface area contributed by atoms with Crippen LogP contribution in [0.1, 0.15) is 31.4 Å². The van der Waals surface area contributed by atoms with Crippen LogP contribution in [0.3, 0.4) is 0 Å². The second-order valence-corrected chi connectivity index (χ2v) is 5.79. The van der Waals surface area contributed by atoms with Gasteiger partial charge in [0.25, 0.3) is 0 Å². The molecule has 0 radical (unpaired) electrons. The van der Waals surface area contributed by atoms with Crippen molar-refractivity contribution in [2.24, 2.45) is 5.92 Å². The van der Waals surface area contributed by atoms with Crippen LogP contribution in [0.25, 0.3) is 0 Å². The van der Waals surface area contributed by atoms with Gasteiger partial charge in [0.2, 0.25) is 0 Å². The van der Waals surface area contributed by atoms with Gasteiger partial charge in [0, 0.05) is 19.1 Å². The Kier molecular flexibility index (Phi) is 5.11. The predicted molar refractivity (Wildman–Crippen MR) is 77.6 cm³/mol. The van der Waals surface area contributed by atoms with Gasteiger partial charge in [-0.15, -0.1) is 0 Å². The zero-order valence-corrected chi connectivity index (χ0v) is 12.2. The average molecular weight is 275 g/mol. The van der Waals surface area contributed by atoms with E-state index < -0.39 is 0 Å². The highest BCUT2D eigenvalue weighted by molar-refractivity contribution is 5.37. The summed E-state index contributed by atoms with van der Waals surface area (Å²) in [5.41, 5.74) is 1.29. The molecule has 1 heterocycles. The second-order valence-electron chi connectivity index (χ2n) is 5.79. The van der Waals surface area contributed by atoms with Crippen molar-refractivity contribution in [2.45, 2.75) is 32.9 Å². The molecule has 3 nitrogen and oxygen atoms in total. The highest BCUT2D eigenvalue weighted by Gasteiger charge is 2.23. The van der Waals surface area contributed by atoms with Gasteiger partial charge in [-0.3, -0.25) is 0 Å². The van der Waals surface area contributed by atoms with Crippen molar-refractivity contribution in [1.82, 2.24) is 10.2 Å². The summed E-state index contributed by atoms with van der Waals surface area (Å²) < 4.78 is 13.2. The monoisotopic (exact) mass is 275 g/mol. The Morgan fingerprint density at radius 1 is 1.50 bits per heavy atom. The van der Waals surface area contributed by atoms with Crippen LogP contribution in [0.5, 0.6) is 0 Å². The third-order valence-electron chi connectivity index (χ3n) is 3.98. The van der Waals surface area contributed by atoms with Crippen LogP contribution in [0.4, 0.5) is 4.39 Å². The lowest BCUT2D eigenvalue weighted by atomic mass is 10.1. The van der Waals surface area contributed by atoms with Crippen LogP contribution >= 0.6 is 0 Å². The van der Waals surface area contributed by atoms with Gasteiger partial charge < -0.3 is 10.2 Å². The summed E-state index contributed by atoms with van der Waals surface area (Å²) in [7, 11) is 0. The first-order valence-electron chi connectivity index (χ1n) is 7.23. The minimum Gasteiger partial charge on any atom is -0.312 e. The maximum Gasteiger partial charge on any atom is 0.123 e. The Morgan fingerprint density at radius 2 is 2.30 bits per heavy atom. The van der Waals surface area contributed by atoms with Gasteiger partial charge >= 0.3 is 0 Å². The van der Waals surface area contributed by atoms with E-state index >= 15 is 0 Å². The van der Waals surface area contributed by atoms with Gasteiger partial charge in [0.1, 0.15) is 5.82 Å². The van der Waals surface area contributed by atoms with Crippen LogP contribution in [0.15, 0.2) is 18.2 Å². The number of nitrogens with zero attached hydrogens (tertiary/aromatic N) is 2. The Hall–Kier alpha value is -1.44. The van der Waals surface area contributed by atoms with E-state index in [-0.39, 0.29) is 5.82 Å². The Labute approximate surface area is 120 Å². The third kappa shape index (κ3) is 3.78. The number of nitrogens with one attached hydrogen (secondary N) is 1. The molecule has 0 bridgehead atoms. The molecule has 0 aliphatic carbocycles. The van der Waals surface area contributed by atoms with E-state index in [9.17, 15) is 4.39 Å². The first-order valence-corrected chi connectivity index (χ1v) is 7.23. The molecule has 1 aromatic rings. The van der Waals surface area contributed by atoms with Crippen molar-refractivity contribution in [3.05, 3.63) is 35.1 Å². The Balaban J connectivity index is 1.82. The van der Waals surface area contributed by atoms with Gasteiger partial charge in [0.15, 0.2) is 0 Å². The van der Waals surface area contributed by atoms with E-state index in [0.29, 0.717) is 24.1 Å². The number of hydrogen-bond acceptors (Lipinski definition) is 3. The summed E-state index contributed by atoms with van der Waals surface area (Å²) in [6, 6.07) is 7.04. The number of benzene rings is 1. The zero-order chi connectivity index (χ0) is 14.5. The van der Waals surface area contributed by atoms with Crippen molar-refractivity contribution in [1.29, 1.82) is 5.26 Å². The highest BCUT2D eigenvalue weighted by Crippen LogP contribution is 2.18. The average Bonchev–Trinajstić information content (AvgIpc) is 2.88. The van der Waals surface area contributed by atoms with E-state index in [1.807, 2.05) is 0 Å². The van der Waals surface area contributed by atoms with Gasteiger partial charge in [-0.1, -0.05) is 0 Å². The molecule has 1 aliphatic rings. The summed E-state index contributed by atoms with van der Waals surface area (Å²) in [6.07, 6.45) is 1.21. The van der Waals surface area contributed by atoms with E-state index in [1.165, 1.54) is 18.6 Å². The Morgan fingerprint density at radius 3 is 2.95 bits per heavy atom. The van der Waals surface area contributed by atoms with Gasteiger partial charge in [0.05, 0.1) is 11.6 Å². The second kappa shape index (κ2) is 6.83. The smallest absolute Gasteiger partial charge is 0.123 e. The molecular weight excluding hydrogens is 253 g/mol. The standard InChI is InChI=1S/C16H22FN3/c1-12(2)20-6-5-13(11-20)9-19-10-15-7-16(17)4-3-14(15)8-18/h3-4,7,12-13,19H,5-6,9-11H2,1-2H3. The summed E-state index contributed by atoms with van der Waals surface area (Å²) >= 11 is 0. The number of halogens is 1. The van der Waals surface area contributed by atoms with E-state index in [2.05, 4.69) is 30.1 Å². The molecule has 0 spiro atoms. The van der Waals surface area contributed by atoms with Gasteiger partial charge in [-0.05, 0) is 63.0 Å². The van der Waals surface area contributed by atoms with Crippen molar-refractivity contribution < 1.29 is 4.39 Å². The maximum atomic E-state index is 13.2. The molecule has 1 aromatic carbocycles. The van der Waals surface area contributed by atoms with Gasteiger partial charge in [-0.2, -0.15) is 5.26 Å². The number of likely N-dealkylation sites (tertiary alicyclic amines) is 1. The molecule has 0 saturated carbocycles. The quantitative estimate of drug-likeness (QED) is 0.897. The number of hydrogen-bond donors (Lipinski definition) is 1. The predicted octanol–water partition coefficient (Wildman–Crippen LogP) is 2.52. The normalized spacial score (nSPS) is 19.4. The lowest BCUT2D eigenvalue weighted by molar-refractivity contribution is 0.264. The zero-order valence-electron chi connectivity index (χ0n) is 12.2. The number of rotatable bonds is 5. The topological polar surface area (TPSA) is 39.1 Å². The van der Waals surface area contributed by atoms with Crippen molar-refractivity contribution in [3.63, 3.8) is 0 Å². The molecule has 1 saturated heterocycles. The fourth-order valence-electron chi connectivity index (χ4n) is 2.73. The molecule has 1 aliphatic heterocycles.